The van der Waals surface area contributed by atoms with Crippen LogP contribution in [0.3, 0.4) is 0 Å². The summed E-state index contributed by atoms with van der Waals surface area (Å²) in [5.41, 5.74) is 11.7. The van der Waals surface area contributed by atoms with Crippen molar-refractivity contribution in [3.05, 3.63) is 168 Å². The Balaban J connectivity index is 1.05. The zero-order valence-corrected chi connectivity index (χ0v) is 29.1. The predicted molar refractivity (Wildman–Crippen MR) is 210 cm³/mol. The van der Waals surface area contributed by atoms with Gasteiger partial charge < -0.3 is 5.32 Å². The molecule has 0 aromatic heterocycles. The van der Waals surface area contributed by atoms with Crippen LogP contribution in [0.2, 0.25) is 0 Å². The quantitative estimate of drug-likeness (QED) is 0.181. The van der Waals surface area contributed by atoms with Gasteiger partial charge in [-0.15, -0.1) is 0 Å². The van der Waals surface area contributed by atoms with E-state index in [-0.39, 0.29) is 11.6 Å². The number of nitrogens with one attached hydrogen (secondary N) is 1. The van der Waals surface area contributed by atoms with Gasteiger partial charge in [0, 0.05) is 23.1 Å². The van der Waals surface area contributed by atoms with Crippen LogP contribution < -0.4 is 10.6 Å². The molecule has 1 saturated carbocycles. The number of allylic oxidation sites excluding steroid dienone is 3. The average Bonchev–Trinajstić information content (AvgIpc) is 3.98. The molecule has 1 aliphatic heterocycles. The summed E-state index contributed by atoms with van der Waals surface area (Å²) < 4.78 is 0. The molecule has 0 spiro atoms. The molecular weight excluding hydrogens is 617 g/mol. The number of benzene rings is 6. The maximum Gasteiger partial charge on any atom is 0.151 e. The summed E-state index contributed by atoms with van der Waals surface area (Å²) >= 11 is 0. The van der Waals surface area contributed by atoms with Crippen molar-refractivity contribution < 1.29 is 5.32 Å². The monoisotopic (exact) mass is 661 g/mol. The third kappa shape index (κ3) is 4.62. The summed E-state index contributed by atoms with van der Waals surface area (Å²) in [6.07, 6.45) is 15.6. The number of hydrogen-bond acceptors (Lipinski definition) is 1. The van der Waals surface area contributed by atoms with Crippen LogP contribution in [0.1, 0.15) is 67.2 Å². The van der Waals surface area contributed by atoms with Crippen LogP contribution in [0.4, 0.5) is 0 Å². The molecule has 3 N–H and O–H groups in total. The lowest BCUT2D eigenvalue weighted by atomic mass is 9.70. The molecule has 2 nitrogen and oxygen atoms in total. The summed E-state index contributed by atoms with van der Waals surface area (Å²) in [4.78, 5) is 0. The average molecular weight is 662 g/mol. The maximum atomic E-state index is 4.38. The molecule has 250 valence electrons. The molecule has 7 atom stereocenters. The van der Waals surface area contributed by atoms with Gasteiger partial charge in [-0.05, 0) is 105 Å². The molecule has 2 heteroatoms. The van der Waals surface area contributed by atoms with Crippen LogP contribution >= 0.6 is 0 Å². The van der Waals surface area contributed by atoms with Crippen LogP contribution in [-0.4, -0.2) is 12.2 Å². The largest absolute Gasteiger partial charge is 0.321 e. The second-order valence-corrected chi connectivity index (χ2v) is 16.0. The van der Waals surface area contributed by atoms with E-state index in [0.717, 1.165) is 0 Å². The van der Waals surface area contributed by atoms with E-state index in [1.807, 2.05) is 0 Å². The van der Waals surface area contributed by atoms with Crippen molar-refractivity contribution in [2.45, 2.75) is 68.1 Å². The minimum atomic E-state index is 0.0472. The highest BCUT2D eigenvalue weighted by Crippen LogP contribution is 2.69. The molecule has 2 fully saturated rings. The predicted octanol–water partition coefficient (Wildman–Crippen LogP) is 10.4. The fourth-order valence-corrected chi connectivity index (χ4v) is 11.0. The van der Waals surface area contributed by atoms with Crippen molar-refractivity contribution in [2.75, 3.05) is 0 Å². The Hall–Kier alpha value is -4.76. The third-order valence-electron chi connectivity index (χ3n) is 13.5. The van der Waals surface area contributed by atoms with Crippen LogP contribution in [0.15, 0.2) is 151 Å². The van der Waals surface area contributed by atoms with E-state index in [0.29, 0.717) is 29.8 Å². The molecule has 0 amide bonds. The van der Waals surface area contributed by atoms with Gasteiger partial charge in [-0.25, -0.2) is 0 Å². The van der Waals surface area contributed by atoms with Gasteiger partial charge in [-0.3, -0.25) is 5.32 Å². The Bertz CT molecular complexity index is 2370. The summed E-state index contributed by atoms with van der Waals surface area (Å²) in [6, 6.07) is 49.0. The lowest BCUT2D eigenvalue weighted by Crippen LogP contribution is -3.00. The van der Waals surface area contributed by atoms with Gasteiger partial charge in [0.2, 0.25) is 0 Å². The van der Waals surface area contributed by atoms with Gasteiger partial charge >= 0.3 is 0 Å². The van der Waals surface area contributed by atoms with Crippen molar-refractivity contribution >= 4 is 21.5 Å². The van der Waals surface area contributed by atoms with Gasteiger partial charge in [-0.1, -0.05) is 146 Å². The zero-order valence-electron chi connectivity index (χ0n) is 29.1. The van der Waals surface area contributed by atoms with Crippen molar-refractivity contribution in [1.82, 2.24) is 5.32 Å². The SMILES string of the molecule is C1=CC(C2C=C3C(CC2)NC(C24CC2c2ccc5ccccc5c2-c2c4ccc4ccccc24)[NH2+]C3c2ccc(-c3ccccc3)cc2)CCC1. The first-order valence-electron chi connectivity index (χ1n) is 19.5. The molecule has 4 aliphatic carbocycles. The van der Waals surface area contributed by atoms with Crippen LogP contribution in [0, 0.1) is 11.8 Å². The van der Waals surface area contributed by atoms with Crippen LogP contribution in [0.25, 0.3) is 43.8 Å². The summed E-state index contributed by atoms with van der Waals surface area (Å²) in [7, 11) is 0. The Morgan fingerprint density at radius 2 is 1.35 bits per heavy atom. The first-order valence-corrected chi connectivity index (χ1v) is 19.5. The summed E-state index contributed by atoms with van der Waals surface area (Å²) in [6.45, 7) is 0. The number of nitrogens with two attached hydrogens (primary N) is 1. The van der Waals surface area contributed by atoms with Crippen molar-refractivity contribution in [3.63, 3.8) is 0 Å². The van der Waals surface area contributed by atoms with E-state index >= 15 is 0 Å². The fourth-order valence-electron chi connectivity index (χ4n) is 11.0. The van der Waals surface area contributed by atoms with Gasteiger partial charge in [-0.2, -0.15) is 0 Å². The maximum absolute atomic E-state index is 4.38. The first kappa shape index (κ1) is 29.9. The highest BCUT2D eigenvalue weighted by Gasteiger charge is 2.68. The van der Waals surface area contributed by atoms with Gasteiger partial charge in [0.15, 0.2) is 6.17 Å². The molecule has 1 saturated heterocycles. The molecule has 7 unspecified atom stereocenters. The lowest BCUT2D eigenvalue weighted by Gasteiger charge is -2.45. The van der Waals surface area contributed by atoms with E-state index in [1.165, 1.54) is 87.9 Å². The summed E-state index contributed by atoms with van der Waals surface area (Å²) in [5, 5.41) is 12.6. The summed E-state index contributed by atoms with van der Waals surface area (Å²) in [5.74, 6) is 1.83. The molecular formula is C49H45N2+. The van der Waals surface area contributed by atoms with Crippen LogP contribution in [-0.2, 0) is 5.41 Å². The van der Waals surface area contributed by atoms with E-state index in [4.69, 9.17) is 0 Å². The Morgan fingerprint density at radius 3 is 2.14 bits per heavy atom. The van der Waals surface area contributed by atoms with Crippen LogP contribution in [0.5, 0.6) is 0 Å². The van der Waals surface area contributed by atoms with E-state index in [2.05, 4.69) is 156 Å². The molecule has 6 aromatic rings. The second kappa shape index (κ2) is 11.6. The Morgan fingerprint density at radius 1 is 0.627 bits per heavy atom. The second-order valence-electron chi connectivity index (χ2n) is 16.0. The van der Waals surface area contributed by atoms with Crippen molar-refractivity contribution in [1.29, 1.82) is 0 Å². The Labute approximate surface area is 301 Å². The molecule has 11 rings (SSSR count). The minimum absolute atomic E-state index is 0.0472. The van der Waals surface area contributed by atoms with E-state index < -0.39 is 0 Å². The Kier molecular flexibility index (Phi) is 6.83. The van der Waals surface area contributed by atoms with Gasteiger partial charge in [0.25, 0.3) is 0 Å². The van der Waals surface area contributed by atoms with Crippen molar-refractivity contribution in [2.24, 2.45) is 11.8 Å². The molecule has 1 heterocycles. The third-order valence-corrected chi connectivity index (χ3v) is 13.5. The smallest absolute Gasteiger partial charge is 0.151 e. The number of fused-ring (bicyclic) bond motifs is 11. The van der Waals surface area contributed by atoms with E-state index in [1.54, 1.807) is 16.7 Å². The fraction of sp³-hybridized carbons (Fsp3) is 0.265. The molecule has 51 heavy (non-hydrogen) atoms. The van der Waals surface area contributed by atoms with E-state index in [9.17, 15) is 0 Å². The van der Waals surface area contributed by atoms with Crippen molar-refractivity contribution in [3.8, 4) is 22.3 Å². The normalized spacial score (nSPS) is 29.1. The number of rotatable bonds is 4. The number of quaternary nitrogens is 1. The topological polar surface area (TPSA) is 28.6 Å². The van der Waals surface area contributed by atoms with Gasteiger partial charge in [0.05, 0.1) is 5.41 Å². The first-order chi connectivity index (χ1) is 25.3. The van der Waals surface area contributed by atoms with Gasteiger partial charge in [0.1, 0.15) is 6.04 Å². The highest BCUT2D eigenvalue weighted by molar-refractivity contribution is 6.10. The highest BCUT2D eigenvalue weighted by atomic mass is 15.2. The zero-order chi connectivity index (χ0) is 33.5. The number of hydrogen-bond donors (Lipinski definition) is 2. The molecule has 6 aromatic carbocycles. The minimum Gasteiger partial charge on any atom is -0.321 e. The molecule has 0 bridgehead atoms. The molecule has 5 aliphatic rings. The standard InChI is InChI=1S/C49H44N2/c1-3-11-31(12-4-1)33-19-21-36(22-20-33)47-41-29-37(32-13-5-2-6-14-32)25-28-44(41)50-48(51-47)49-30-43(49)40-26-23-34-15-7-9-17-38(34)45(40)46-39-18-10-8-16-35(39)24-27-42(46)49/h1,3-5,7-13,15-24,26-27,29,32,37,43-44,47-48,50-51H,2,6,14,25,28,30H2/p+1. The lowest BCUT2D eigenvalue weighted by molar-refractivity contribution is -0.737. The molecule has 0 radical (unpaired) electrons.